The standard InChI is InChI=1S/C14H20ClNO/c1-14(10-17,9-11-5-4-6-11)16-13-8-3-2-7-12(13)15/h2-3,7-8,11,16-17H,4-6,9-10H2,1H3. The van der Waals surface area contributed by atoms with E-state index in [2.05, 4.69) is 12.2 Å². The quantitative estimate of drug-likeness (QED) is 0.839. The van der Waals surface area contributed by atoms with Crippen LogP contribution in [0.2, 0.25) is 5.02 Å². The summed E-state index contributed by atoms with van der Waals surface area (Å²) in [5.74, 6) is 0.752. The molecular formula is C14H20ClNO. The van der Waals surface area contributed by atoms with Gasteiger partial charge >= 0.3 is 0 Å². The van der Waals surface area contributed by atoms with Gasteiger partial charge < -0.3 is 10.4 Å². The molecule has 1 aromatic carbocycles. The van der Waals surface area contributed by atoms with E-state index >= 15 is 0 Å². The largest absolute Gasteiger partial charge is 0.394 e. The van der Waals surface area contributed by atoms with E-state index in [1.54, 1.807) is 0 Å². The van der Waals surface area contributed by atoms with Gasteiger partial charge in [0.1, 0.15) is 0 Å². The number of anilines is 1. The fraction of sp³-hybridized carbons (Fsp3) is 0.571. The molecule has 0 aromatic heterocycles. The summed E-state index contributed by atoms with van der Waals surface area (Å²) in [4.78, 5) is 0. The molecule has 0 amide bonds. The monoisotopic (exact) mass is 253 g/mol. The van der Waals surface area contributed by atoms with Crippen molar-refractivity contribution in [1.82, 2.24) is 0 Å². The summed E-state index contributed by atoms with van der Waals surface area (Å²) in [6, 6.07) is 7.69. The van der Waals surface area contributed by atoms with Crippen molar-refractivity contribution in [2.24, 2.45) is 5.92 Å². The van der Waals surface area contributed by atoms with Crippen LogP contribution in [0.4, 0.5) is 5.69 Å². The number of rotatable bonds is 5. The van der Waals surface area contributed by atoms with Crippen molar-refractivity contribution < 1.29 is 5.11 Å². The van der Waals surface area contributed by atoms with Crippen LogP contribution in [0.25, 0.3) is 0 Å². The third kappa shape index (κ3) is 3.14. The average molecular weight is 254 g/mol. The average Bonchev–Trinajstić information content (AvgIpc) is 2.27. The van der Waals surface area contributed by atoms with E-state index in [9.17, 15) is 5.11 Å². The molecule has 0 radical (unpaired) electrons. The van der Waals surface area contributed by atoms with Crippen molar-refractivity contribution >= 4 is 17.3 Å². The van der Waals surface area contributed by atoms with Crippen molar-refractivity contribution in [3.8, 4) is 0 Å². The summed E-state index contributed by atoms with van der Waals surface area (Å²) in [6.07, 6.45) is 4.92. The summed E-state index contributed by atoms with van der Waals surface area (Å²) in [7, 11) is 0. The van der Waals surface area contributed by atoms with E-state index in [0.29, 0.717) is 5.02 Å². The SMILES string of the molecule is CC(CO)(CC1CCC1)Nc1ccccc1Cl. The highest BCUT2D eigenvalue weighted by Crippen LogP contribution is 2.35. The molecule has 2 N–H and O–H groups in total. The maximum atomic E-state index is 9.60. The second-order valence-corrected chi connectivity index (χ2v) is 5.73. The third-order valence-electron chi connectivity index (χ3n) is 3.62. The van der Waals surface area contributed by atoms with E-state index < -0.39 is 0 Å². The van der Waals surface area contributed by atoms with Gasteiger partial charge in [0.15, 0.2) is 0 Å². The highest BCUT2D eigenvalue weighted by atomic mass is 35.5. The van der Waals surface area contributed by atoms with Crippen LogP contribution in [-0.2, 0) is 0 Å². The molecule has 1 aliphatic rings. The lowest BCUT2D eigenvalue weighted by Gasteiger charge is -2.37. The molecule has 0 bridgehead atoms. The Hall–Kier alpha value is -0.730. The molecule has 0 aliphatic heterocycles. The maximum absolute atomic E-state index is 9.60. The fourth-order valence-corrected chi connectivity index (χ4v) is 2.56. The number of nitrogens with one attached hydrogen (secondary N) is 1. The van der Waals surface area contributed by atoms with Crippen LogP contribution in [0.3, 0.4) is 0 Å². The van der Waals surface area contributed by atoms with E-state index in [4.69, 9.17) is 11.6 Å². The van der Waals surface area contributed by atoms with Gasteiger partial charge in [-0.3, -0.25) is 0 Å². The van der Waals surface area contributed by atoms with Crippen LogP contribution in [0, 0.1) is 5.92 Å². The molecule has 1 saturated carbocycles. The number of aliphatic hydroxyl groups excluding tert-OH is 1. The number of aliphatic hydroxyl groups is 1. The maximum Gasteiger partial charge on any atom is 0.0658 e. The Morgan fingerprint density at radius 2 is 2.12 bits per heavy atom. The molecular weight excluding hydrogens is 234 g/mol. The molecule has 0 saturated heterocycles. The van der Waals surface area contributed by atoms with Crippen LogP contribution >= 0.6 is 11.6 Å². The van der Waals surface area contributed by atoms with Gasteiger partial charge in [0, 0.05) is 0 Å². The molecule has 0 heterocycles. The first-order chi connectivity index (χ1) is 8.13. The lowest BCUT2D eigenvalue weighted by atomic mass is 9.76. The van der Waals surface area contributed by atoms with Gasteiger partial charge in [-0.1, -0.05) is 43.0 Å². The molecule has 1 fully saturated rings. The molecule has 1 atom stereocenters. The van der Waals surface area contributed by atoms with Gasteiger partial charge in [0.05, 0.1) is 22.9 Å². The third-order valence-corrected chi connectivity index (χ3v) is 3.95. The normalized spacial score (nSPS) is 19.5. The first-order valence-corrected chi connectivity index (χ1v) is 6.64. The zero-order chi connectivity index (χ0) is 12.3. The Kier molecular flexibility index (Phi) is 3.95. The number of halogens is 1. The molecule has 1 aromatic rings. The molecule has 17 heavy (non-hydrogen) atoms. The second-order valence-electron chi connectivity index (χ2n) is 5.32. The zero-order valence-corrected chi connectivity index (χ0v) is 11.0. The predicted octanol–water partition coefficient (Wildman–Crippen LogP) is 3.69. The Balaban J connectivity index is 2.05. The number of benzene rings is 1. The molecule has 2 nitrogen and oxygen atoms in total. The van der Waals surface area contributed by atoms with Gasteiger partial charge in [0.2, 0.25) is 0 Å². The van der Waals surface area contributed by atoms with Crippen LogP contribution in [0.5, 0.6) is 0 Å². The minimum atomic E-state index is -0.268. The van der Waals surface area contributed by atoms with Gasteiger partial charge in [-0.2, -0.15) is 0 Å². The lowest BCUT2D eigenvalue weighted by Crippen LogP contribution is -2.42. The second kappa shape index (κ2) is 5.28. The Morgan fingerprint density at radius 3 is 2.65 bits per heavy atom. The van der Waals surface area contributed by atoms with Crippen LogP contribution < -0.4 is 5.32 Å². The molecule has 1 unspecified atom stereocenters. The summed E-state index contributed by atoms with van der Waals surface area (Å²) >= 11 is 6.13. The highest BCUT2D eigenvalue weighted by Gasteiger charge is 2.30. The summed E-state index contributed by atoms with van der Waals surface area (Å²) in [5, 5.41) is 13.7. The van der Waals surface area contributed by atoms with Crippen LogP contribution in [0.1, 0.15) is 32.6 Å². The molecule has 2 rings (SSSR count). The molecule has 0 spiro atoms. The number of hydrogen-bond acceptors (Lipinski definition) is 2. The van der Waals surface area contributed by atoms with E-state index in [1.807, 2.05) is 24.3 Å². The van der Waals surface area contributed by atoms with Gasteiger partial charge in [-0.05, 0) is 31.4 Å². The van der Waals surface area contributed by atoms with E-state index in [0.717, 1.165) is 18.0 Å². The van der Waals surface area contributed by atoms with Gasteiger partial charge in [0.25, 0.3) is 0 Å². The van der Waals surface area contributed by atoms with Crippen molar-refractivity contribution in [1.29, 1.82) is 0 Å². The van der Waals surface area contributed by atoms with Crippen LogP contribution in [0.15, 0.2) is 24.3 Å². The number of para-hydroxylation sites is 1. The smallest absolute Gasteiger partial charge is 0.0658 e. The van der Waals surface area contributed by atoms with Gasteiger partial charge in [-0.15, -0.1) is 0 Å². The minimum Gasteiger partial charge on any atom is -0.394 e. The highest BCUT2D eigenvalue weighted by molar-refractivity contribution is 6.33. The molecule has 94 valence electrons. The lowest BCUT2D eigenvalue weighted by molar-refractivity contribution is 0.168. The van der Waals surface area contributed by atoms with E-state index in [-0.39, 0.29) is 12.1 Å². The zero-order valence-electron chi connectivity index (χ0n) is 10.2. The van der Waals surface area contributed by atoms with E-state index in [1.165, 1.54) is 19.3 Å². The Morgan fingerprint density at radius 1 is 1.41 bits per heavy atom. The number of hydrogen-bond donors (Lipinski definition) is 2. The topological polar surface area (TPSA) is 32.3 Å². The first-order valence-electron chi connectivity index (χ1n) is 6.26. The van der Waals surface area contributed by atoms with Crippen LogP contribution in [-0.4, -0.2) is 17.3 Å². The molecule has 3 heteroatoms. The fourth-order valence-electron chi connectivity index (χ4n) is 2.38. The Bertz CT molecular complexity index is 378. The first kappa shape index (κ1) is 12.7. The molecule has 1 aliphatic carbocycles. The predicted molar refractivity (Wildman–Crippen MR) is 72.5 cm³/mol. The Labute approximate surface area is 108 Å². The summed E-state index contributed by atoms with van der Waals surface area (Å²) < 4.78 is 0. The van der Waals surface area contributed by atoms with Crippen molar-refractivity contribution in [3.63, 3.8) is 0 Å². The summed E-state index contributed by atoms with van der Waals surface area (Å²) in [5.41, 5.74) is 0.640. The van der Waals surface area contributed by atoms with Crippen molar-refractivity contribution in [2.75, 3.05) is 11.9 Å². The summed E-state index contributed by atoms with van der Waals surface area (Å²) in [6.45, 7) is 2.20. The van der Waals surface area contributed by atoms with Crippen molar-refractivity contribution in [2.45, 2.75) is 38.1 Å². The van der Waals surface area contributed by atoms with Crippen molar-refractivity contribution in [3.05, 3.63) is 29.3 Å². The minimum absolute atomic E-state index is 0.134. The van der Waals surface area contributed by atoms with Gasteiger partial charge in [-0.25, -0.2) is 0 Å².